The summed E-state index contributed by atoms with van der Waals surface area (Å²) in [5.41, 5.74) is 0. The maximum absolute atomic E-state index is 13.1. The zero-order valence-corrected chi connectivity index (χ0v) is 37.5. The van der Waals surface area contributed by atoms with Crippen LogP contribution in [0.2, 0.25) is 0 Å². The third kappa shape index (κ3) is 40.1. The van der Waals surface area contributed by atoms with Crippen molar-refractivity contribution in [3.63, 3.8) is 0 Å². The van der Waals surface area contributed by atoms with Crippen LogP contribution in [0, 0.1) is 0 Å². The molecule has 0 aromatic heterocycles. The number of carbonyl (C=O) groups is 2. The first-order chi connectivity index (χ1) is 28.0. The van der Waals surface area contributed by atoms with Gasteiger partial charge in [0.25, 0.3) is 0 Å². The lowest BCUT2D eigenvalue weighted by atomic mass is 10.0. The lowest BCUT2D eigenvalue weighted by Crippen LogP contribution is -2.46. The van der Waals surface area contributed by atoms with E-state index in [0.29, 0.717) is 19.3 Å². The lowest BCUT2D eigenvalue weighted by molar-refractivity contribution is -0.151. The van der Waals surface area contributed by atoms with Crippen molar-refractivity contribution in [2.75, 3.05) is 6.61 Å². The molecule has 0 fully saturated rings. The number of unbranched alkanes of at least 4 members (excludes halogenated alkanes) is 24. The molecular formula is C51H91NO5. The van der Waals surface area contributed by atoms with Gasteiger partial charge in [-0.3, -0.25) is 9.59 Å². The topological polar surface area (TPSA) is 95.9 Å². The van der Waals surface area contributed by atoms with Crippen molar-refractivity contribution in [3.8, 4) is 0 Å². The minimum Gasteiger partial charge on any atom is -0.462 e. The second-order valence-electron chi connectivity index (χ2n) is 16.3. The second-order valence-corrected chi connectivity index (χ2v) is 16.3. The molecule has 3 unspecified atom stereocenters. The molecule has 0 rings (SSSR count). The molecule has 0 radical (unpaired) electrons. The number of aliphatic hydroxyl groups excluding tert-OH is 2. The number of nitrogens with one attached hydrogen (secondary N) is 1. The Hall–Kier alpha value is -2.44. The zero-order valence-electron chi connectivity index (χ0n) is 37.5. The highest BCUT2D eigenvalue weighted by Crippen LogP contribution is 2.17. The molecule has 1 amide bonds. The van der Waals surface area contributed by atoms with Gasteiger partial charge in [-0.05, 0) is 44.9 Å². The average Bonchev–Trinajstić information content (AvgIpc) is 3.20. The molecule has 0 aromatic rings. The van der Waals surface area contributed by atoms with E-state index < -0.39 is 18.2 Å². The van der Waals surface area contributed by atoms with E-state index in [4.69, 9.17) is 4.74 Å². The molecule has 0 saturated heterocycles. The number of esters is 1. The van der Waals surface area contributed by atoms with Crippen molar-refractivity contribution < 1.29 is 24.5 Å². The molecule has 0 bridgehead atoms. The molecule has 6 heteroatoms. The van der Waals surface area contributed by atoms with Crippen molar-refractivity contribution in [2.45, 2.75) is 244 Å². The fraction of sp³-hybridized carbons (Fsp3) is 0.765. The number of rotatable bonds is 42. The van der Waals surface area contributed by atoms with Gasteiger partial charge in [-0.2, -0.15) is 0 Å². The van der Waals surface area contributed by atoms with Crippen LogP contribution in [0.3, 0.4) is 0 Å². The summed E-state index contributed by atoms with van der Waals surface area (Å²) in [4.78, 5) is 26.0. The molecule has 0 heterocycles. The molecule has 0 spiro atoms. The SMILES string of the molecule is CCC/C=C/C=C/C=C/C=C/C=C/CCCCCC(CC(=O)NC(CO)C(O)CCCCCCCCCCCCCCC)OC(=O)CCCCCCCCCCC. The van der Waals surface area contributed by atoms with E-state index in [0.717, 1.165) is 70.6 Å². The molecule has 330 valence electrons. The van der Waals surface area contributed by atoms with Gasteiger partial charge >= 0.3 is 5.97 Å². The standard InChI is InChI=1S/C51H91NO5/c1-4-7-10-13-16-19-21-23-24-25-27-28-31-33-36-39-42-47(57-51(56)44-41-38-35-30-18-15-12-9-6-3)45-50(55)52-48(46-53)49(54)43-40-37-34-32-29-26-22-20-17-14-11-8-5-2/h10,13,16,19,21,23-25,27-28,47-49,53-54H,4-9,11-12,14-15,17-18,20,22,26,29-46H2,1-3H3,(H,52,55)/b13-10+,19-16+,23-21+,25-24+,28-27+. The van der Waals surface area contributed by atoms with Gasteiger partial charge in [-0.15, -0.1) is 0 Å². The molecule has 6 nitrogen and oxygen atoms in total. The second kappa shape index (κ2) is 44.7. The van der Waals surface area contributed by atoms with Gasteiger partial charge in [0, 0.05) is 6.42 Å². The van der Waals surface area contributed by atoms with Crippen LogP contribution in [0.1, 0.15) is 226 Å². The van der Waals surface area contributed by atoms with Crippen LogP contribution in [-0.4, -0.2) is 46.9 Å². The molecule has 0 saturated carbocycles. The van der Waals surface area contributed by atoms with Crippen molar-refractivity contribution in [1.29, 1.82) is 0 Å². The first-order valence-electron chi connectivity index (χ1n) is 24.1. The summed E-state index contributed by atoms with van der Waals surface area (Å²) in [6.45, 7) is 6.36. The summed E-state index contributed by atoms with van der Waals surface area (Å²) in [5.74, 6) is -0.518. The number of amides is 1. The summed E-state index contributed by atoms with van der Waals surface area (Å²) in [7, 11) is 0. The number of hydrogen-bond donors (Lipinski definition) is 3. The van der Waals surface area contributed by atoms with Gasteiger partial charge in [-0.1, -0.05) is 229 Å². The van der Waals surface area contributed by atoms with E-state index in [-0.39, 0.29) is 24.9 Å². The number of aliphatic hydroxyl groups is 2. The molecule has 57 heavy (non-hydrogen) atoms. The van der Waals surface area contributed by atoms with E-state index in [9.17, 15) is 19.8 Å². The van der Waals surface area contributed by atoms with Gasteiger partial charge in [0.05, 0.1) is 25.2 Å². The van der Waals surface area contributed by atoms with Gasteiger partial charge < -0.3 is 20.3 Å². The van der Waals surface area contributed by atoms with Gasteiger partial charge in [-0.25, -0.2) is 0 Å². The van der Waals surface area contributed by atoms with Crippen LogP contribution in [-0.2, 0) is 14.3 Å². The Morgan fingerprint density at radius 1 is 0.509 bits per heavy atom. The predicted molar refractivity (Wildman–Crippen MR) is 245 cm³/mol. The Balaban J connectivity index is 4.66. The van der Waals surface area contributed by atoms with Crippen molar-refractivity contribution >= 4 is 11.9 Å². The Labute approximate surface area is 352 Å². The Kier molecular flexibility index (Phi) is 42.7. The summed E-state index contributed by atoms with van der Waals surface area (Å²) in [6, 6.07) is -0.714. The minimum atomic E-state index is -0.798. The Bertz CT molecular complexity index is 1030. The zero-order chi connectivity index (χ0) is 41.7. The fourth-order valence-electron chi connectivity index (χ4n) is 7.05. The number of allylic oxidation sites excluding steroid dienone is 10. The summed E-state index contributed by atoms with van der Waals surface area (Å²) in [5, 5.41) is 23.7. The molecular weight excluding hydrogens is 707 g/mol. The Morgan fingerprint density at radius 3 is 1.42 bits per heavy atom. The van der Waals surface area contributed by atoms with E-state index in [1.54, 1.807) is 0 Å². The van der Waals surface area contributed by atoms with Crippen LogP contribution in [0.4, 0.5) is 0 Å². The highest BCUT2D eigenvalue weighted by Gasteiger charge is 2.24. The third-order valence-corrected chi connectivity index (χ3v) is 10.7. The van der Waals surface area contributed by atoms with Crippen LogP contribution in [0.15, 0.2) is 60.8 Å². The fourth-order valence-corrected chi connectivity index (χ4v) is 7.05. The van der Waals surface area contributed by atoms with Crippen LogP contribution in [0.25, 0.3) is 0 Å². The number of hydrogen-bond acceptors (Lipinski definition) is 5. The number of carbonyl (C=O) groups excluding carboxylic acids is 2. The van der Waals surface area contributed by atoms with Crippen molar-refractivity contribution in [2.24, 2.45) is 0 Å². The average molecular weight is 798 g/mol. The van der Waals surface area contributed by atoms with Crippen molar-refractivity contribution in [3.05, 3.63) is 60.8 Å². The van der Waals surface area contributed by atoms with Crippen LogP contribution < -0.4 is 5.32 Å². The van der Waals surface area contributed by atoms with Gasteiger partial charge in [0.15, 0.2) is 0 Å². The predicted octanol–water partition coefficient (Wildman–Crippen LogP) is 14.1. The summed E-state index contributed by atoms with van der Waals surface area (Å²) < 4.78 is 5.88. The lowest BCUT2D eigenvalue weighted by Gasteiger charge is -2.24. The quantitative estimate of drug-likeness (QED) is 0.0325. The Morgan fingerprint density at radius 2 is 0.930 bits per heavy atom. The molecule has 3 atom stereocenters. The normalized spacial score (nSPS) is 13.8. The largest absolute Gasteiger partial charge is 0.462 e. The minimum absolute atomic E-state index is 0.0495. The first-order valence-corrected chi connectivity index (χ1v) is 24.1. The van der Waals surface area contributed by atoms with Gasteiger partial charge in [0.2, 0.25) is 5.91 Å². The molecule has 3 N–H and O–H groups in total. The van der Waals surface area contributed by atoms with Crippen LogP contribution in [0.5, 0.6) is 0 Å². The highest BCUT2D eigenvalue weighted by molar-refractivity contribution is 5.77. The van der Waals surface area contributed by atoms with E-state index >= 15 is 0 Å². The maximum atomic E-state index is 13.1. The van der Waals surface area contributed by atoms with E-state index in [2.05, 4.69) is 50.4 Å². The molecule has 0 aliphatic carbocycles. The van der Waals surface area contributed by atoms with E-state index in [1.165, 1.54) is 109 Å². The van der Waals surface area contributed by atoms with Crippen LogP contribution >= 0.6 is 0 Å². The smallest absolute Gasteiger partial charge is 0.306 e. The summed E-state index contributed by atoms with van der Waals surface area (Å²) >= 11 is 0. The summed E-state index contributed by atoms with van der Waals surface area (Å²) in [6.07, 6.45) is 54.2. The molecule has 0 aliphatic heterocycles. The van der Waals surface area contributed by atoms with Crippen molar-refractivity contribution in [1.82, 2.24) is 5.32 Å². The third-order valence-electron chi connectivity index (χ3n) is 10.7. The van der Waals surface area contributed by atoms with E-state index in [1.807, 2.05) is 36.5 Å². The highest BCUT2D eigenvalue weighted by atomic mass is 16.5. The monoisotopic (exact) mass is 798 g/mol. The number of ether oxygens (including phenoxy) is 1. The molecule has 0 aromatic carbocycles. The molecule has 0 aliphatic rings. The van der Waals surface area contributed by atoms with Gasteiger partial charge in [0.1, 0.15) is 6.10 Å². The first kappa shape index (κ1) is 54.6. The maximum Gasteiger partial charge on any atom is 0.306 e.